The molecule has 0 radical (unpaired) electrons. The summed E-state index contributed by atoms with van der Waals surface area (Å²) in [6.45, 7) is -1.28. The molecule has 0 aromatic heterocycles. The van der Waals surface area contributed by atoms with Crippen molar-refractivity contribution in [3.8, 4) is 0 Å². The Bertz CT molecular complexity index is 769. The minimum atomic E-state index is -1.64. The first-order chi connectivity index (χ1) is 17.9. The maximum absolute atomic E-state index is 12.4. The molecule has 222 valence electrons. The van der Waals surface area contributed by atoms with Gasteiger partial charge in [0, 0.05) is 6.04 Å². The molecule has 0 spiro atoms. The van der Waals surface area contributed by atoms with Crippen LogP contribution in [0.4, 0.5) is 0 Å². The van der Waals surface area contributed by atoms with Gasteiger partial charge in [0.1, 0.15) is 61.0 Å². The van der Waals surface area contributed by atoms with Gasteiger partial charge in [0.2, 0.25) is 5.91 Å². The first kappa shape index (κ1) is 31.4. The van der Waals surface area contributed by atoms with Crippen molar-refractivity contribution in [1.82, 2.24) is 5.32 Å². The average molecular weight is 557 g/mol. The highest BCUT2D eigenvalue weighted by atomic mass is 16.7. The Morgan fingerprint density at radius 1 is 0.868 bits per heavy atom. The van der Waals surface area contributed by atoms with Crippen LogP contribution in [0, 0.1) is 0 Å². The number of nitrogens with two attached hydrogens (primary N) is 3. The zero-order valence-electron chi connectivity index (χ0n) is 20.5. The predicted octanol–water partition coefficient (Wildman–Crippen LogP) is -7.75. The number of hydrogen-bond acceptors (Lipinski definition) is 16. The van der Waals surface area contributed by atoms with Gasteiger partial charge in [0.15, 0.2) is 12.6 Å². The van der Waals surface area contributed by atoms with Crippen LogP contribution in [0.5, 0.6) is 0 Å². The highest BCUT2D eigenvalue weighted by Crippen LogP contribution is 2.32. The molecule has 17 heteroatoms. The molecule has 2 saturated heterocycles. The maximum Gasteiger partial charge on any atom is 0.249 e. The summed E-state index contributed by atoms with van der Waals surface area (Å²) in [5.41, 5.74) is 17.6. The van der Waals surface area contributed by atoms with E-state index in [1.807, 2.05) is 0 Å². The molecule has 1 aliphatic carbocycles. The lowest BCUT2D eigenvalue weighted by molar-refractivity contribution is -0.311. The summed E-state index contributed by atoms with van der Waals surface area (Å²) < 4.78 is 22.5. The zero-order valence-corrected chi connectivity index (χ0v) is 20.5. The van der Waals surface area contributed by atoms with E-state index in [0.717, 1.165) is 0 Å². The third-order valence-corrected chi connectivity index (χ3v) is 7.10. The molecule has 0 aromatic rings. The molecule has 38 heavy (non-hydrogen) atoms. The van der Waals surface area contributed by atoms with Crippen molar-refractivity contribution >= 4 is 5.91 Å². The topological polar surface area (TPSA) is 306 Å². The van der Waals surface area contributed by atoms with E-state index in [2.05, 4.69) is 5.32 Å². The van der Waals surface area contributed by atoms with E-state index in [0.29, 0.717) is 0 Å². The van der Waals surface area contributed by atoms with Crippen molar-refractivity contribution in [1.29, 1.82) is 0 Å². The number of aliphatic hydroxyl groups is 8. The van der Waals surface area contributed by atoms with Gasteiger partial charge in [-0.25, -0.2) is 0 Å². The molecular formula is C21H40N4O13. The second kappa shape index (κ2) is 13.5. The number of rotatable bonds is 10. The number of aliphatic hydroxyl groups excluding tert-OH is 8. The largest absolute Gasteiger partial charge is 0.394 e. The van der Waals surface area contributed by atoms with E-state index in [1.54, 1.807) is 0 Å². The summed E-state index contributed by atoms with van der Waals surface area (Å²) in [5, 5.41) is 83.2. The molecule has 3 rings (SSSR count). The number of hydrogen-bond donors (Lipinski definition) is 12. The lowest BCUT2D eigenvalue weighted by Gasteiger charge is -2.47. The zero-order chi connectivity index (χ0) is 28.3. The van der Waals surface area contributed by atoms with Crippen LogP contribution in [0.15, 0.2) is 0 Å². The minimum Gasteiger partial charge on any atom is -0.394 e. The van der Waals surface area contributed by atoms with E-state index in [4.69, 9.17) is 36.1 Å². The van der Waals surface area contributed by atoms with Crippen LogP contribution in [-0.4, -0.2) is 158 Å². The van der Waals surface area contributed by atoms with E-state index in [1.165, 1.54) is 0 Å². The van der Waals surface area contributed by atoms with Gasteiger partial charge >= 0.3 is 0 Å². The van der Waals surface area contributed by atoms with Crippen molar-refractivity contribution in [3.05, 3.63) is 0 Å². The van der Waals surface area contributed by atoms with Crippen LogP contribution < -0.4 is 22.5 Å². The lowest BCUT2D eigenvalue weighted by atomic mass is 9.83. The van der Waals surface area contributed by atoms with Gasteiger partial charge in [0.05, 0.1) is 25.3 Å². The van der Waals surface area contributed by atoms with Gasteiger partial charge in [-0.05, 0) is 19.4 Å². The molecule has 0 unspecified atom stereocenters. The van der Waals surface area contributed by atoms with Crippen molar-refractivity contribution < 1.29 is 64.6 Å². The van der Waals surface area contributed by atoms with Gasteiger partial charge in [-0.15, -0.1) is 0 Å². The fraction of sp³-hybridized carbons (Fsp3) is 0.952. The molecule has 17 nitrogen and oxygen atoms in total. The maximum atomic E-state index is 12.4. The third-order valence-electron chi connectivity index (χ3n) is 7.10. The van der Waals surface area contributed by atoms with Crippen molar-refractivity contribution in [2.45, 2.75) is 105 Å². The van der Waals surface area contributed by atoms with Crippen molar-refractivity contribution in [2.75, 3.05) is 19.8 Å². The van der Waals surface area contributed by atoms with E-state index in [9.17, 15) is 45.6 Å². The average Bonchev–Trinajstić information content (AvgIpc) is 3.16. The first-order valence-corrected chi connectivity index (χ1v) is 12.4. The van der Waals surface area contributed by atoms with E-state index < -0.39 is 111 Å². The summed E-state index contributed by atoms with van der Waals surface area (Å²) in [4.78, 5) is 12.4. The summed E-state index contributed by atoms with van der Waals surface area (Å²) in [6.07, 6.45) is -17.6. The number of amides is 1. The van der Waals surface area contributed by atoms with Crippen LogP contribution in [0.25, 0.3) is 0 Å². The third kappa shape index (κ3) is 6.60. The second-order valence-corrected chi connectivity index (χ2v) is 9.79. The van der Waals surface area contributed by atoms with Crippen molar-refractivity contribution in [3.63, 3.8) is 0 Å². The normalized spacial score (nSPS) is 46.6. The standard InChI is InChI=1S/C21H40N4O13/c22-2-1-8(28)19(34)25-7-3-6(23)17(37-20-11(24)15(32)13(30)9(4-26)35-20)18(12(7)29)38-21-16(33)14(31)10(5-27)36-21/h6-18,20-21,26-33H,1-5,22-24H2,(H,25,34)/t6-,7-,8-,9+,10-,11-,12-,13-,14-,15-,16+,17+,18+,20-,21+/m1/s1. The molecule has 15 N–H and O–H groups in total. The van der Waals surface area contributed by atoms with Crippen molar-refractivity contribution in [2.24, 2.45) is 17.2 Å². The fourth-order valence-electron chi connectivity index (χ4n) is 4.80. The van der Waals surface area contributed by atoms with Crippen LogP contribution in [0.3, 0.4) is 0 Å². The Labute approximate surface area is 218 Å². The smallest absolute Gasteiger partial charge is 0.249 e. The summed E-state index contributed by atoms with van der Waals surface area (Å²) in [5.74, 6) is -0.821. The van der Waals surface area contributed by atoms with E-state index in [-0.39, 0.29) is 19.4 Å². The Hall–Kier alpha value is -1.13. The molecule has 2 heterocycles. The Morgan fingerprint density at radius 2 is 1.42 bits per heavy atom. The molecule has 0 bridgehead atoms. The van der Waals surface area contributed by atoms with Gasteiger partial charge in [-0.3, -0.25) is 4.79 Å². The molecule has 2 aliphatic heterocycles. The summed E-state index contributed by atoms with van der Waals surface area (Å²) in [6, 6.07) is -3.40. The highest BCUT2D eigenvalue weighted by molar-refractivity contribution is 5.80. The van der Waals surface area contributed by atoms with Crippen LogP contribution >= 0.6 is 0 Å². The SMILES string of the molecule is NCC[C@@H](O)C(=O)N[C@@H]1C[C@@H](N)[C@H](O[C@H]2O[C@@H](CO)[C@@H](O)[C@H](O)[C@H]2N)[C@@H](O[C@@H]2O[C@H](CO)[C@@H](O)[C@@H]2O)[C@@H]1O. The minimum absolute atomic E-state index is 0.0330. The Balaban J connectivity index is 1.84. The predicted molar refractivity (Wildman–Crippen MR) is 123 cm³/mol. The fourth-order valence-corrected chi connectivity index (χ4v) is 4.80. The second-order valence-electron chi connectivity index (χ2n) is 9.79. The molecule has 1 amide bonds. The van der Waals surface area contributed by atoms with Crippen LogP contribution in [0.1, 0.15) is 12.8 Å². The number of carbonyl (C=O) groups is 1. The number of nitrogens with one attached hydrogen (secondary N) is 1. The lowest BCUT2D eigenvalue weighted by Crippen LogP contribution is -2.69. The number of ether oxygens (including phenoxy) is 4. The monoisotopic (exact) mass is 556 g/mol. The van der Waals surface area contributed by atoms with Crippen LogP contribution in [0.2, 0.25) is 0 Å². The number of carbonyl (C=O) groups excluding carboxylic acids is 1. The summed E-state index contributed by atoms with van der Waals surface area (Å²) >= 11 is 0. The van der Waals surface area contributed by atoms with Crippen LogP contribution in [-0.2, 0) is 23.7 Å². The summed E-state index contributed by atoms with van der Waals surface area (Å²) in [7, 11) is 0. The quantitative estimate of drug-likeness (QED) is 0.119. The molecule has 3 aliphatic rings. The van der Waals surface area contributed by atoms with Gasteiger partial charge in [0.25, 0.3) is 0 Å². The molecule has 1 saturated carbocycles. The van der Waals surface area contributed by atoms with Gasteiger partial charge in [-0.2, -0.15) is 0 Å². The van der Waals surface area contributed by atoms with Gasteiger partial charge < -0.3 is 82.3 Å². The Kier molecular flexibility index (Phi) is 11.1. The molecule has 0 aromatic carbocycles. The first-order valence-electron chi connectivity index (χ1n) is 12.4. The van der Waals surface area contributed by atoms with Gasteiger partial charge in [-0.1, -0.05) is 0 Å². The molecule has 15 atom stereocenters. The molecular weight excluding hydrogens is 516 g/mol. The molecule has 3 fully saturated rings. The Morgan fingerprint density at radius 3 is 2.00 bits per heavy atom. The van der Waals surface area contributed by atoms with E-state index >= 15 is 0 Å². The highest BCUT2D eigenvalue weighted by Gasteiger charge is 2.53.